The molecule has 0 aliphatic heterocycles. The molecule has 0 amide bonds. The van der Waals surface area contributed by atoms with Crippen LogP contribution in [0.15, 0.2) is 29.2 Å². The van der Waals surface area contributed by atoms with Crippen LogP contribution in [-0.2, 0) is 4.79 Å². The third-order valence-electron chi connectivity index (χ3n) is 1.91. The van der Waals surface area contributed by atoms with Gasteiger partial charge in [0.2, 0.25) is 0 Å². The summed E-state index contributed by atoms with van der Waals surface area (Å²) in [4.78, 5) is 11.7. The topological polar surface area (TPSA) is 69.6 Å². The number of aliphatic hydroxyl groups is 1. The number of rotatable bonds is 5. The average molecular weight is 227 g/mol. The van der Waals surface area contributed by atoms with Crippen molar-refractivity contribution in [2.45, 2.75) is 10.9 Å². The van der Waals surface area contributed by atoms with Gasteiger partial charge in [-0.25, -0.2) is 4.79 Å². The van der Waals surface area contributed by atoms with E-state index in [9.17, 15) is 4.79 Å². The maximum Gasteiger partial charge on any atom is 0.328 e. The van der Waals surface area contributed by atoms with Crippen LogP contribution >= 0.6 is 11.8 Å². The molecule has 0 radical (unpaired) electrons. The molecule has 4 nitrogen and oxygen atoms in total. The zero-order chi connectivity index (χ0) is 11.3. The molecular weight excluding hydrogens is 214 g/mol. The molecule has 1 unspecified atom stereocenters. The summed E-state index contributed by atoms with van der Waals surface area (Å²) in [7, 11) is 0. The van der Waals surface area contributed by atoms with E-state index in [1.807, 2.05) is 18.4 Å². The number of anilines is 1. The molecule has 5 heteroatoms. The zero-order valence-electron chi connectivity index (χ0n) is 8.30. The first-order chi connectivity index (χ1) is 7.17. The molecule has 1 aromatic rings. The van der Waals surface area contributed by atoms with Crippen LogP contribution < -0.4 is 5.32 Å². The molecule has 0 aliphatic carbocycles. The van der Waals surface area contributed by atoms with Gasteiger partial charge in [-0.3, -0.25) is 0 Å². The van der Waals surface area contributed by atoms with Crippen molar-refractivity contribution in [2.24, 2.45) is 0 Å². The monoisotopic (exact) mass is 227 g/mol. The highest BCUT2D eigenvalue weighted by atomic mass is 32.2. The Morgan fingerprint density at radius 1 is 1.47 bits per heavy atom. The highest BCUT2D eigenvalue weighted by Gasteiger charge is 2.15. The van der Waals surface area contributed by atoms with Crippen molar-refractivity contribution in [3.63, 3.8) is 0 Å². The molecule has 0 saturated carbocycles. The molecule has 1 aromatic carbocycles. The van der Waals surface area contributed by atoms with E-state index in [4.69, 9.17) is 10.2 Å². The fourth-order valence-electron chi connectivity index (χ4n) is 1.07. The second-order valence-corrected chi connectivity index (χ2v) is 3.83. The second kappa shape index (κ2) is 5.63. The van der Waals surface area contributed by atoms with Crippen molar-refractivity contribution in [3.05, 3.63) is 24.3 Å². The Labute approximate surface area is 92.3 Å². The van der Waals surface area contributed by atoms with Crippen LogP contribution in [-0.4, -0.2) is 35.1 Å². The number of nitrogens with one attached hydrogen (secondary N) is 1. The predicted octanol–water partition coefficient (Wildman–Crippen LogP) is 1.27. The van der Waals surface area contributed by atoms with Gasteiger partial charge >= 0.3 is 5.97 Å². The van der Waals surface area contributed by atoms with Crippen LogP contribution in [0.4, 0.5) is 5.69 Å². The van der Waals surface area contributed by atoms with Gasteiger partial charge in [0.25, 0.3) is 0 Å². The number of carboxylic acids is 1. The Kier molecular flexibility index (Phi) is 4.45. The van der Waals surface area contributed by atoms with Gasteiger partial charge in [-0.2, -0.15) is 0 Å². The van der Waals surface area contributed by atoms with Crippen molar-refractivity contribution < 1.29 is 15.0 Å². The highest BCUT2D eigenvalue weighted by molar-refractivity contribution is 7.98. The van der Waals surface area contributed by atoms with Gasteiger partial charge in [0.15, 0.2) is 0 Å². The van der Waals surface area contributed by atoms with Crippen LogP contribution in [0.5, 0.6) is 0 Å². The van der Waals surface area contributed by atoms with E-state index in [-0.39, 0.29) is 0 Å². The normalized spacial score (nSPS) is 12.1. The summed E-state index contributed by atoms with van der Waals surface area (Å²) >= 11 is 1.61. The molecule has 15 heavy (non-hydrogen) atoms. The fraction of sp³-hybridized carbons (Fsp3) is 0.300. The zero-order valence-corrected chi connectivity index (χ0v) is 9.12. The summed E-state index contributed by atoms with van der Waals surface area (Å²) in [5.74, 6) is -1.06. The minimum absolute atomic E-state index is 0.431. The van der Waals surface area contributed by atoms with Crippen LogP contribution in [0.1, 0.15) is 0 Å². The SMILES string of the molecule is CSc1ccc(NC(CO)C(=O)O)cc1. The minimum atomic E-state index is -1.06. The van der Waals surface area contributed by atoms with Crippen LogP contribution in [0, 0.1) is 0 Å². The number of aliphatic hydroxyl groups excluding tert-OH is 1. The Bertz CT molecular complexity index is 326. The van der Waals surface area contributed by atoms with Gasteiger partial charge < -0.3 is 15.5 Å². The standard InChI is InChI=1S/C10H13NO3S/c1-15-8-4-2-7(3-5-8)11-9(6-12)10(13)14/h2-5,9,11-12H,6H2,1H3,(H,13,14). The van der Waals surface area contributed by atoms with E-state index in [1.54, 1.807) is 23.9 Å². The van der Waals surface area contributed by atoms with E-state index in [0.717, 1.165) is 4.90 Å². The lowest BCUT2D eigenvalue weighted by atomic mass is 10.2. The summed E-state index contributed by atoms with van der Waals surface area (Å²) < 4.78 is 0. The fourth-order valence-corrected chi connectivity index (χ4v) is 1.48. The molecular formula is C10H13NO3S. The smallest absolute Gasteiger partial charge is 0.328 e. The lowest BCUT2D eigenvalue weighted by Gasteiger charge is -2.12. The molecule has 0 aromatic heterocycles. The maximum atomic E-state index is 10.6. The van der Waals surface area contributed by atoms with E-state index >= 15 is 0 Å². The summed E-state index contributed by atoms with van der Waals surface area (Å²) in [5, 5.41) is 20.2. The third kappa shape index (κ3) is 3.45. The molecule has 1 rings (SSSR count). The van der Waals surface area contributed by atoms with Crippen LogP contribution in [0.2, 0.25) is 0 Å². The van der Waals surface area contributed by atoms with Crippen molar-refractivity contribution in [1.29, 1.82) is 0 Å². The predicted molar refractivity (Wildman–Crippen MR) is 60.4 cm³/mol. The number of hydrogen-bond donors (Lipinski definition) is 3. The molecule has 0 spiro atoms. The number of carbonyl (C=O) groups is 1. The minimum Gasteiger partial charge on any atom is -0.480 e. The summed E-state index contributed by atoms with van der Waals surface area (Å²) in [6.07, 6.45) is 1.97. The first kappa shape index (κ1) is 11.9. The number of thioether (sulfide) groups is 1. The highest BCUT2D eigenvalue weighted by Crippen LogP contribution is 2.17. The first-order valence-corrected chi connectivity index (χ1v) is 5.64. The Hall–Kier alpha value is -1.20. The number of aliphatic carboxylic acids is 1. The van der Waals surface area contributed by atoms with Crippen molar-refractivity contribution in [1.82, 2.24) is 0 Å². The quantitative estimate of drug-likeness (QED) is 0.661. The molecule has 0 saturated heterocycles. The van der Waals surface area contributed by atoms with E-state index in [1.165, 1.54) is 0 Å². The maximum absolute atomic E-state index is 10.6. The Balaban J connectivity index is 2.67. The van der Waals surface area contributed by atoms with Gasteiger partial charge in [0.1, 0.15) is 6.04 Å². The third-order valence-corrected chi connectivity index (χ3v) is 2.66. The number of benzene rings is 1. The molecule has 0 heterocycles. The molecule has 82 valence electrons. The number of carboxylic acid groups (broad SMARTS) is 1. The lowest BCUT2D eigenvalue weighted by molar-refractivity contribution is -0.138. The van der Waals surface area contributed by atoms with Crippen molar-refractivity contribution >= 4 is 23.4 Å². The summed E-state index contributed by atoms with van der Waals surface area (Å²) in [6, 6.07) is 6.41. The summed E-state index contributed by atoms with van der Waals surface area (Å²) in [5.41, 5.74) is 0.689. The Morgan fingerprint density at radius 2 is 2.07 bits per heavy atom. The Morgan fingerprint density at radius 3 is 2.47 bits per heavy atom. The van der Waals surface area contributed by atoms with Gasteiger partial charge in [-0.15, -0.1) is 11.8 Å². The van der Waals surface area contributed by atoms with Crippen LogP contribution in [0.25, 0.3) is 0 Å². The largest absolute Gasteiger partial charge is 0.480 e. The van der Waals surface area contributed by atoms with Gasteiger partial charge in [-0.05, 0) is 30.5 Å². The van der Waals surface area contributed by atoms with Gasteiger partial charge in [0.05, 0.1) is 6.61 Å². The van der Waals surface area contributed by atoms with E-state index in [2.05, 4.69) is 5.32 Å². The van der Waals surface area contributed by atoms with Gasteiger partial charge in [-0.1, -0.05) is 0 Å². The molecule has 0 aliphatic rings. The van der Waals surface area contributed by atoms with E-state index < -0.39 is 18.6 Å². The average Bonchev–Trinajstić information content (AvgIpc) is 2.26. The molecule has 0 fully saturated rings. The van der Waals surface area contributed by atoms with E-state index in [0.29, 0.717) is 5.69 Å². The van der Waals surface area contributed by atoms with Crippen molar-refractivity contribution in [2.75, 3.05) is 18.2 Å². The number of hydrogen-bond acceptors (Lipinski definition) is 4. The lowest BCUT2D eigenvalue weighted by Crippen LogP contribution is -2.32. The molecule has 3 N–H and O–H groups in total. The summed E-state index contributed by atoms with van der Waals surface area (Å²) in [6.45, 7) is -0.431. The molecule has 1 atom stereocenters. The van der Waals surface area contributed by atoms with Crippen LogP contribution in [0.3, 0.4) is 0 Å². The van der Waals surface area contributed by atoms with Gasteiger partial charge in [0, 0.05) is 10.6 Å². The second-order valence-electron chi connectivity index (χ2n) is 2.95. The van der Waals surface area contributed by atoms with Crippen molar-refractivity contribution in [3.8, 4) is 0 Å². The molecule has 0 bridgehead atoms. The first-order valence-electron chi connectivity index (χ1n) is 4.41.